The average Bonchev–Trinajstić information content (AvgIpc) is 2.38. The van der Waals surface area contributed by atoms with E-state index in [1.165, 1.54) is 12.8 Å². The SMILES string of the molecule is OCCCC1CCN(c2ncc(Br)cn2)CC1. The molecule has 1 aromatic heterocycles. The standard InChI is InChI=1S/C12H18BrN3O/c13-11-8-14-12(15-9-11)16-5-3-10(4-6-16)2-1-7-17/h8-10,17H,1-7H2. The summed E-state index contributed by atoms with van der Waals surface area (Å²) in [5.74, 6) is 1.59. The number of aliphatic hydroxyl groups excluding tert-OH is 1. The zero-order chi connectivity index (χ0) is 12.1. The van der Waals surface area contributed by atoms with Crippen LogP contribution in [-0.4, -0.2) is 34.8 Å². The summed E-state index contributed by atoms with van der Waals surface area (Å²) < 4.78 is 0.916. The quantitative estimate of drug-likeness (QED) is 0.926. The summed E-state index contributed by atoms with van der Waals surface area (Å²) >= 11 is 3.34. The van der Waals surface area contributed by atoms with Gasteiger partial charge < -0.3 is 10.0 Å². The van der Waals surface area contributed by atoms with Crippen molar-refractivity contribution in [2.45, 2.75) is 25.7 Å². The molecule has 1 fully saturated rings. The van der Waals surface area contributed by atoms with E-state index in [1.54, 1.807) is 12.4 Å². The largest absolute Gasteiger partial charge is 0.396 e. The molecule has 0 spiro atoms. The van der Waals surface area contributed by atoms with Gasteiger partial charge in [0.05, 0.1) is 4.47 Å². The van der Waals surface area contributed by atoms with Crippen LogP contribution < -0.4 is 4.90 Å². The van der Waals surface area contributed by atoms with Crippen molar-refractivity contribution >= 4 is 21.9 Å². The van der Waals surface area contributed by atoms with Crippen molar-refractivity contribution in [3.63, 3.8) is 0 Å². The Hall–Kier alpha value is -0.680. The number of hydrogen-bond acceptors (Lipinski definition) is 4. The lowest BCUT2D eigenvalue weighted by Crippen LogP contribution is -2.34. The highest BCUT2D eigenvalue weighted by molar-refractivity contribution is 9.10. The van der Waals surface area contributed by atoms with Crippen molar-refractivity contribution in [3.05, 3.63) is 16.9 Å². The summed E-state index contributed by atoms with van der Waals surface area (Å²) in [7, 11) is 0. The van der Waals surface area contributed by atoms with Crippen LogP contribution in [-0.2, 0) is 0 Å². The second kappa shape index (κ2) is 6.31. The highest BCUT2D eigenvalue weighted by atomic mass is 79.9. The van der Waals surface area contributed by atoms with Gasteiger partial charge in [0.2, 0.25) is 5.95 Å². The first-order chi connectivity index (χ1) is 8.29. The van der Waals surface area contributed by atoms with Gasteiger partial charge in [-0.1, -0.05) is 0 Å². The lowest BCUT2D eigenvalue weighted by Gasteiger charge is -2.31. The van der Waals surface area contributed by atoms with E-state index in [0.29, 0.717) is 6.61 Å². The number of aliphatic hydroxyl groups is 1. The molecule has 0 atom stereocenters. The molecule has 1 aliphatic heterocycles. The van der Waals surface area contributed by atoms with Crippen molar-refractivity contribution in [3.8, 4) is 0 Å². The molecular formula is C12H18BrN3O. The van der Waals surface area contributed by atoms with Crippen LogP contribution in [0.2, 0.25) is 0 Å². The topological polar surface area (TPSA) is 49.2 Å². The Labute approximate surface area is 110 Å². The third kappa shape index (κ3) is 3.64. The highest BCUT2D eigenvalue weighted by Gasteiger charge is 2.20. The third-order valence-electron chi connectivity index (χ3n) is 3.27. The molecule has 2 heterocycles. The van der Waals surface area contributed by atoms with Crippen LogP contribution in [0.25, 0.3) is 0 Å². The molecule has 0 saturated carbocycles. The number of rotatable bonds is 4. The number of piperidine rings is 1. The molecule has 0 unspecified atom stereocenters. The Kier molecular flexibility index (Phi) is 4.74. The minimum absolute atomic E-state index is 0.316. The molecule has 1 N–H and O–H groups in total. The summed E-state index contributed by atoms with van der Waals surface area (Å²) in [5, 5.41) is 8.82. The first-order valence-electron chi connectivity index (χ1n) is 6.13. The Morgan fingerprint density at radius 1 is 1.29 bits per heavy atom. The number of nitrogens with zero attached hydrogens (tertiary/aromatic N) is 3. The van der Waals surface area contributed by atoms with Crippen molar-refractivity contribution in [1.82, 2.24) is 9.97 Å². The van der Waals surface area contributed by atoms with Gasteiger partial charge in [0.1, 0.15) is 0 Å². The molecule has 4 nitrogen and oxygen atoms in total. The van der Waals surface area contributed by atoms with E-state index in [2.05, 4.69) is 30.8 Å². The Balaban J connectivity index is 1.84. The second-order valence-electron chi connectivity index (χ2n) is 4.50. The molecule has 5 heteroatoms. The third-order valence-corrected chi connectivity index (χ3v) is 3.68. The molecule has 1 aromatic rings. The fourth-order valence-corrected chi connectivity index (χ4v) is 2.48. The van der Waals surface area contributed by atoms with Gasteiger partial charge >= 0.3 is 0 Å². The lowest BCUT2D eigenvalue weighted by atomic mass is 9.92. The molecular weight excluding hydrogens is 282 g/mol. The van der Waals surface area contributed by atoms with Crippen LogP contribution in [0.1, 0.15) is 25.7 Å². The van der Waals surface area contributed by atoms with Gasteiger partial charge in [0.25, 0.3) is 0 Å². The predicted octanol–water partition coefficient (Wildman–Crippen LogP) is 2.23. The molecule has 94 valence electrons. The normalized spacial score (nSPS) is 17.4. The van der Waals surface area contributed by atoms with Gasteiger partial charge in [0.15, 0.2) is 0 Å². The molecule has 0 amide bonds. The number of aromatic nitrogens is 2. The first kappa shape index (κ1) is 12.8. The Bertz CT molecular complexity index is 336. The lowest BCUT2D eigenvalue weighted by molar-refractivity contribution is 0.261. The van der Waals surface area contributed by atoms with Crippen LogP contribution in [0.4, 0.5) is 5.95 Å². The molecule has 2 rings (SSSR count). The molecule has 17 heavy (non-hydrogen) atoms. The molecule has 0 radical (unpaired) electrons. The van der Waals surface area contributed by atoms with Gasteiger partial charge in [-0.3, -0.25) is 0 Å². The van der Waals surface area contributed by atoms with Crippen molar-refractivity contribution in [2.24, 2.45) is 5.92 Å². The monoisotopic (exact) mass is 299 g/mol. The smallest absolute Gasteiger partial charge is 0.225 e. The highest BCUT2D eigenvalue weighted by Crippen LogP contribution is 2.24. The minimum atomic E-state index is 0.316. The maximum Gasteiger partial charge on any atom is 0.225 e. The Morgan fingerprint density at radius 3 is 2.53 bits per heavy atom. The van der Waals surface area contributed by atoms with E-state index in [-0.39, 0.29) is 0 Å². The van der Waals surface area contributed by atoms with E-state index < -0.39 is 0 Å². The Morgan fingerprint density at radius 2 is 1.94 bits per heavy atom. The summed E-state index contributed by atoms with van der Waals surface area (Å²) in [6.45, 7) is 2.37. The van der Waals surface area contributed by atoms with Gasteiger partial charge in [0, 0.05) is 32.1 Å². The maximum atomic E-state index is 8.82. The molecule has 1 aliphatic rings. The zero-order valence-electron chi connectivity index (χ0n) is 9.85. The van der Waals surface area contributed by atoms with Gasteiger partial charge in [-0.2, -0.15) is 0 Å². The van der Waals surface area contributed by atoms with Crippen LogP contribution >= 0.6 is 15.9 Å². The molecule has 0 aliphatic carbocycles. The average molecular weight is 300 g/mol. The van der Waals surface area contributed by atoms with Gasteiger partial charge in [-0.05, 0) is 47.5 Å². The van der Waals surface area contributed by atoms with E-state index in [9.17, 15) is 0 Å². The number of halogens is 1. The van der Waals surface area contributed by atoms with Crippen LogP contribution in [0.3, 0.4) is 0 Å². The zero-order valence-corrected chi connectivity index (χ0v) is 11.4. The van der Waals surface area contributed by atoms with Crippen LogP contribution in [0.5, 0.6) is 0 Å². The van der Waals surface area contributed by atoms with Crippen LogP contribution in [0.15, 0.2) is 16.9 Å². The summed E-state index contributed by atoms with van der Waals surface area (Å²) in [6, 6.07) is 0. The van der Waals surface area contributed by atoms with E-state index >= 15 is 0 Å². The van der Waals surface area contributed by atoms with Crippen molar-refractivity contribution in [2.75, 3.05) is 24.6 Å². The number of hydrogen-bond donors (Lipinski definition) is 1. The van der Waals surface area contributed by atoms with E-state index in [0.717, 1.165) is 42.3 Å². The van der Waals surface area contributed by atoms with E-state index in [1.807, 2.05) is 0 Å². The minimum Gasteiger partial charge on any atom is -0.396 e. The van der Waals surface area contributed by atoms with E-state index in [4.69, 9.17) is 5.11 Å². The summed E-state index contributed by atoms with van der Waals surface area (Å²) in [6.07, 6.45) is 8.02. The molecule has 0 aromatic carbocycles. The summed E-state index contributed by atoms with van der Waals surface area (Å²) in [4.78, 5) is 10.9. The number of anilines is 1. The van der Waals surface area contributed by atoms with Crippen LogP contribution in [0, 0.1) is 5.92 Å². The summed E-state index contributed by atoms with van der Waals surface area (Å²) in [5.41, 5.74) is 0. The fourth-order valence-electron chi connectivity index (χ4n) is 2.27. The molecule has 1 saturated heterocycles. The van der Waals surface area contributed by atoms with Crippen molar-refractivity contribution < 1.29 is 5.11 Å². The van der Waals surface area contributed by atoms with Gasteiger partial charge in [-0.25, -0.2) is 9.97 Å². The fraction of sp³-hybridized carbons (Fsp3) is 0.667. The van der Waals surface area contributed by atoms with Gasteiger partial charge in [-0.15, -0.1) is 0 Å². The predicted molar refractivity (Wildman–Crippen MR) is 71.0 cm³/mol. The molecule has 0 bridgehead atoms. The maximum absolute atomic E-state index is 8.82. The van der Waals surface area contributed by atoms with Crippen molar-refractivity contribution in [1.29, 1.82) is 0 Å². The first-order valence-corrected chi connectivity index (χ1v) is 6.92. The second-order valence-corrected chi connectivity index (χ2v) is 5.41.